The average molecular weight is 397 g/mol. The monoisotopic (exact) mass is 397 g/mol. The van der Waals surface area contributed by atoms with Crippen molar-refractivity contribution >= 4 is 0 Å². The first-order chi connectivity index (χ1) is 12.8. The van der Waals surface area contributed by atoms with Crippen molar-refractivity contribution in [3.05, 3.63) is 23.8 Å². The fraction of sp³-hybridized carbons (Fsp3) is 0.647. The van der Waals surface area contributed by atoms with Gasteiger partial charge in [-0.25, -0.2) is 5.48 Å². The van der Waals surface area contributed by atoms with Gasteiger partial charge in [0.25, 0.3) is 0 Å². The van der Waals surface area contributed by atoms with Crippen LogP contribution in [-0.4, -0.2) is 45.0 Å². The van der Waals surface area contributed by atoms with Gasteiger partial charge in [0.05, 0.1) is 0 Å². The van der Waals surface area contributed by atoms with Gasteiger partial charge in [-0.15, -0.1) is 0 Å². The summed E-state index contributed by atoms with van der Waals surface area (Å²) in [6, 6.07) is 3.90. The highest BCUT2D eigenvalue weighted by molar-refractivity contribution is 5.46. The maximum Gasteiger partial charge on any atom is 0.387 e. The van der Waals surface area contributed by atoms with Gasteiger partial charge in [0.1, 0.15) is 0 Å². The van der Waals surface area contributed by atoms with Gasteiger partial charge in [0.2, 0.25) is 0 Å². The quantitative estimate of drug-likeness (QED) is 0.377. The summed E-state index contributed by atoms with van der Waals surface area (Å²) in [6.07, 6.45) is 1.96. The van der Waals surface area contributed by atoms with Gasteiger partial charge < -0.3 is 24.2 Å². The van der Waals surface area contributed by atoms with Crippen molar-refractivity contribution in [2.75, 3.05) is 20.8 Å². The average Bonchev–Trinajstić information content (AvgIpc) is 2.63. The number of halogens is 4. The molecule has 0 saturated heterocycles. The minimum absolute atomic E-state index is 0.125. The molecule has 2 N–H and O–H groups in total. The Kier molecular flexibility index (Phi) is 7.26. The lowest BCUT2D eigenvalue weighted by atomic mass is 9.67. The first kappa shape index (κ1) is 21.7. The van der Waals surface area contributed by atoms with Crippen LogP contribution in [0.5, 0.6) is 11.5 Å². The Morgan fingerprint density at radius 1 is 0.963 bits per heavy atom. The molecule has 0 aromatic heterocycles. The third kappa shape index (κ3) is 5.01. The number of rotatable bonds is 9. The predicted molar refractivity (Wildman–Crippen MR) is 86.4 cm³/mol. The molecule has 0 atom stereocenters. The summed E-state index contributed by atoms with van der Waals surface area (Å²) in [7, 11) is 3.07. The summed E-state index contributed by atoms with van der Waals surface area (Å²) in [5, 5.41) is 9.29. The third-order valence-corrected chi connectivity index (χ3v) is 5.12. The van der Waals surface area contributed by atoms with Gasteiger partial charge in [0, 0.05) is 39.0 Å². The van der Waals surface area contributed by atoms with Crippen LogP contribution in [0.3, 0.4) is 0 Å². The van der Waals surface area contributed by atoms with E-state index in [9.17, 15) is 22.8 Å². The summed E-state index contributed by atoms with van der Waals surface area (Å²) in [5.74, 6) is -1.74. The number of hydroxylamine groups is 1. The topological polar surface area (TPSA) is 69.2 Å². The summed E-state index contributed by atoms with van der Waals surface area (Å²) in [4.78, 5) is 0. The predicted octanol–water partition coefficient (Wildman–Crippen LogP) is 3.67. The van der Waals surface area contributed by atoms with Crippen LogP contribution in [0.25, 0.3) is 0 Å². The smallest absolute Gasteiger partial charge is 0.387 e. The summed E-state index contributed by atoms with van der Waals surface area (Å²) < 4.78 is 69.9. The van der Waals surface area contributed by atoms with E-state index in [4.69, 9.17) is 9.47 Å². The van der Waals surface area contributed by atoms with Crippen LogP contribution in [0.4, 0.5) is 17.6 Å². The molecule has 0 bridgehead atoms. The molecule has 0 amide bonds. The standard InChI is InChI=1S/C17H23F4NO5/c1-24-17(25-2)7-5-16(6-8-17,10-22-23)11-3-4-12(26-14(18)19)13(9-11)27-15(20)21/h3-4,9,14-15,22-23H,5-8,10H2,1-2H3. The Balaban J connectivity index is 2.36. The number of ether oxygens (including phenoxy) is 4. The second-order valence-electron chi connectivity index (χ2n) is 6.35. The summed E-state index contributed by atoms with van der Waals surface area (Å²) in [5.41, 5.74) is 2.02. The van der Waals surface area contributed by atoms with Crippen molar-refractivity contribution in [2.24, 2.45) is 0 Å². The van der Waals surface area contributed by atoms with Crippen LogP contribution < -0.4 is 15.0 Å². The van der Waals surface area contributed by atoms with Gasteiger partial charge in [-0.3, -0.25) is 0 Å². The van der Waals surface area contributed by atoms with Crippen LogP contribution in [0.15, 0.2) is 18.2 Å². The Bertz CT molecular complexity index is 603. The number of methoxy groups -OCH3 is 2. The Morgan fingerprint density at radius 2 is 1.52 bits per heavy atom. The molecule has 0 unspecified atom stereocenters. The Hall–Kier alpha value is -1.62. The molecule has 154 valence electrons. The highest BCUT2D eigenvalue weighted by Gasteiger charge is 2.44. The van der Waals surface area contributed by atoms with Gasteiger partial charge in [0.15, 0.2) is 17.3 Å². The minimum Gasteiger partial charge on any atom is -0.431 e. The Morgan fingerprint density at radius 3 is 2.00 bits per heavy atom. The largest absolute Gasteiger partial charge is 0.431 e. The molecule has 1 saturated carbocycles. The zero-order valence-electron chi connectivity index (χ0n) is 15.0. The number of nitrogens with one attached hydrogen (secondary N) is 1. The normalized spacial score (nSPS) is 18.7. The van der Waals surface area contributed by atoms with E-state index in [2.05, 4.69) is 15.0 Å². The van der Waals surface area contributed by atoms with Crippen LogP contribution in [-0.2, 0) is 14.9 Å². The van der Waals surface area contributed by atoms with E-state index in [0.29, 0.717) is 31.2 Å². The number of hydrogen-bond donors (Lipinski definition) is 2. The number of hydrogen-bond acceptors (Lipinski definition) is 6. The maximum absolute atomic E-state index is 12.7. The molecular formula is C17H23F4NO5. The van der Waals surface area contributed by atoms with Gasteiger partial charge in [-0.2, -0.15) is 17.6 Å². The minimum atomic E-state index is -3.20. The van der Waals surface area contributed by atoms with Crippen LogP contribution in [0.2, 0.25) is 0 Å². The molecule has 1 aliphatic carbocycles. The second kappa shape index (κ2) is 9.05. The van der Waals surface area contributed by atoms with Crippen molar-refractivity contribution in [1.29, 1.82) is 0 Å². The molecular weight excluding hydrogens is 374 g/mol. The SMILES string of the molecule is COC1(OC)CCC(CNO)(c2ccc(OC(F)F)c(OC(F)F)c2)CC1. The van der Waals surface area contributed by atoms with Crippen LogP contribution >= 0.6 is 0 Å². The molecule has 2 rings (SSSR count). The lowest BCUT2D eigenvalue weighted by molar-refractivity contribution is -0.230. The van der Waals surface area contributed by atoms with Crippen LogP contribution in [0, 0.1) is 0 Å². The van der Waals surface area contributed by atoms with E-state index in [-0.39, 0.29) is 6.54 Å². The van der Waals surface area contributed by atoms with Crippen molar-refractivity contribution in [2.45, 2.75) is 50.1 Å². The third-order valence-electron chi connectivity index (χ3n) is 5.12. The van der Waals surface area contributed by atoms with E-state index in [1.54, 1.807) is 0 Å². The van der Waals surface area contributed by atoms with E-state index >= 15 is 0 Å². The molecule has 10 heteroatoms. The molecule has 1 aromatic carbocycles. The summed E-state index contributed by atoms with van der Waals surface area (Å²) >= 11 is 0. The fourth-order valence-electron chi connectivity index (χ4n) is 3.54. The first-order valence-electron chi connectivity index (χ1n) is 8.31. The fourth-order valence-corrected chi connectivity index (χ4v) is 3.54. The molecule has 0 aliphatic heterocycles. The number of alkyl halides is 4. The van der Waals surface area contributed by atoms with Crippen LogP contribution in [0.1, 0.15) is 31.2 Å². The van der Waals surface area contributed by atoms with Crippen molar-refractivity contribution in [3.8, 4) is 11.5 Å². The molecule has 27 heavy (non-hydrogen) atoms. The van der Waals surface area contributed by atoms with Crippen molar-refractivity contribution in [3.63, 3.8) is 0 Å². The molecule has 0 spiro atoms. The molecule has 1 fully saturated rings. The van der Waals surface area contributed by atoms with E-state index in [0.717, 1.165) is 6.07 Å². The van der Waals surface area contributed by atoms with Crippen molar-refractivity contribution in [1.82, 2.24) is 5.48 Å². The van der Waals surface area contributed by atoms with E-state index < -0.39 is 35.9 Å². The lowest BCUT2D eigenvalue weighted by Gasteiger charge is -2.45. The van der Waals surface area contributed by atoms with E-state index in [1.165, 1.54) is 26.4 Å². The lowest BCUT2D eigenvalue weighted by Crippen LogP contribution is -2.47. The summed E-state index contributed by atoms with van der Waals surface area (Å²) in [6.45, 7) is -6.25. The zero-order valence-corrected chi connectivity index (χ0v) is 15.0. The molecule has 0 heterocycles. The zero-order chi connectivity index (χ0) is 20.1. The highest BCUT2D eigenvalue weighted by atomic mass is 19.3. The maximum atomic E-state index is 12.7. The Labute approximate surface area is 154 Å². The number of benzene rings is 1. The van der Waals surface area contributed by atoms with E-state index in [1.807, 2.05) is 0 Å². The van der Waals surface area contributed by atoms with Crippen molar-refractivity contribution < 1.29 is 41.7 Å². The highest BCUT2D eigenvalue weighted by Crippen LogP contribution is 2.46. The second-order valence-corrected chi connectivity index (χ2v) is 6.35. The van der Waals surface area contributed by atoms with Gasteiger partial charge >= 0.3 is 13.2 Å². The molecule has 1 aromatic rings. The molecule has 6 nitrogen and oxygen atoms in total. The van der Waals surface area contributed by atoms with Gasteiger partial charge in [-0.05, 0) is 30.5 Å². The first-order valence-corrected chi connectivity index (χ1v) is 8.31. The molecule has 1 aliphatic rings. The van der Waals surface area contributed by atoms with Gasteiger partial charge in [-0.1, -0.05) is 6.07 Å². The molecule has 0 radical (unpaired) electrons.